The minimum absolute atomic E-state index is 0.0339. The van der Waals surface area contributed by atoms with Gasteiger partial charge < -0.3 is 18.9 Å². The van der Waals surface area contributed by atoms with Crippen molar-refractivity contribution < 1.29 is 27.2 Å². The van der Waals surface area contributed by atoms with Crippen LogP contribution in [0.5, 0.6) is 5.75 Å². The summed E-state index contributed by atoms with van der Waals surface area (Å²) < 4.78 is 56.9. The maximum Gasteiger partial charge on any atom is 0.573 e. The van der Waals surface area contributed by atoms with Gasteiger partial charge in [-0.2, -0.15) is 9.78 Å². The number of fused-ring (bicyclic) bond motifs is 2. The lowest BCUT2D eigenvalue weighted by Crippen LogP contribution is -2.45. The Morgan fingerprint density at radius 1 is 0.953 bits per heavy atom. The Bertz CT molecular complexity index is 1730. The molecule has 0 spiro atoms. The van der Waals surface area contributed by atoms with E-state index < -0.39 is 17.6 Å². The number of nitrogens with zero attached hydrogens (tertiary/aromatic N) is 4. The quantitative estimate of drug-likeness (QED) is 0.300. The topological polar surface area (TPSA) is 115 Å². The summed E-state index contributed by atoms with van der Waals surface area (Å²) in [5.41, 5.74) is 1.64. The molecule has 0 unspecified atom stereocenters. The second-order valence-electron chi connectivity index (χ2n) is 11.3. The number of nitrogens with one attached hydrogen (secondary N) is 1. The van der Waals surface area contributed by atoms with Crippen molar-refractivity contribution in [3.63, 3.8) is 0 Å². The molecule has 0 radical (unpaired) electrons. The third kappa shape index (κ3) is 5.56. The monoisotopic (exact) mass is 595 g/mol. The molecule has 224 valence electrons. The molecule has 2 bridgehead atoms. The van der Waals surface area contributed by atoms with Gasteiger partial charge in [0.1, 0.15) is 23.4 Å². The largest absolute Gasteiger partial charge is 0.573 e. The van der Waals surface area contributed by atoms with E-state index in [1.807, 2.05) is 12.1 Å². The number of ether oxygens (including phenoxy) is 2. The first-order chi connectivity index (χ1) is 20.7. The van der Waals surface area contributed by atoms with E-state index in [4.69, 9.17) is 9.26 Å². The zero-order valence-electron chi connectivity index (χ0n) is 22.9. The van der Waals surface area contributed by atoms with Crippen molar-refractivity contribution >= 4 is 5.69 Å². The van der Waals surface area contributed by atoms with Crippen LogP contribution in [-0.4, -0.2) is 44.5 Å². The van der Waals surface area contributed by atoms with Gasteiger partial charge in [0.05, 0.1) is 18.4 Å². The van der Waals surface area contributed by atoms with Gasteiger partial charge in [0.2, 0.25) is 0 Å². The van der Waals surface area contributed by atoms with Crippen molar-refractivity contribution in [3.05, 3.63) is 86.9 Å². The average molecular weight is 596 g/mol. The molecule has 43 heavy (non-hydrogen) atoms. The van der Waals surface area contributed by atoms with Crippen molar-refractivity contribution in [2.24, 2.45) is 0 Å². The molecule has 1 aliphatic carbocycles. The minimum Gasteiger partial charge on any atom is -0.405 e. The number of rotatable bonds is 8. The van der Waals surface area contributed by atoms with Crippen LogP contribution in [-0.2, 0) is 11.3 Å². The number of benzene rings is 2. The molecule has 3 fully saturated rings. The average Bonchev–Trinajstić information content (AvgIpc) is 3.67. The third-order valence-corrected chi connectivity index (χ3v) is 8.39. The van der Waals surface area contributed by atoms with Crippen molar-refractivity contribution in [1.29, 1.82) is 0 Å². The van der Waals surface area contributed by atoms with Crippen LogP contribution < -0.4 is 20.9 Å². The predicted octanol–water partition coefficient (Wildman–Crippen LogP) is 5.07. The second kappa shape index (κ2) is 10.7. The summed E-state index contributed by atoms with van der Waals surface area (Å²) in [5.74, 6) is 0.539. The van der Waals surface area contributed by atoms with E-state index in [0.29, 0.717) is 22.7 Å². The van der Waals surface area contributed by atoms with Crippen molar-refractivity contribution in [2.75, 3.05) is 4.90 Å². The summed E-state index contributed by atoms with van der Waals surface area (Å²) in [6.45, 7) is 0.185. The fourth-order valence-corrected chi connectivity index (χ4v) is 6.40. The molecule has 2 aromatic carbocycles. The second-order valence-corrected chi connectivity index (χ2v) is 11.3. The molecule has 2 aliphatic heterocycles. The molecule has 3 aliphatic rings. The van der Waals surface area contributed by atoms with Gasteiger partial charge in [-0.25, -0.2) is 4.79 Å². The molecule has 0 amide bonds. The molecule has 1 saturated carbocycles. The van der Waals surface area contributed by atoms with Crippen molar-refractivity contribution in [1.82, 2.24) is 19.9 Å². The number of piperidine rings is 1. The van der Waals surface area contributed by atoms with E-state index in [1.54, 1.807) is 24.3 Å². The van der Waals surface area contributed by atoms with E-state index in [2.05, 4.69) is 24.9 Å². The number of para-hydroxylation sites is 1. The first-order valence-electron chi connectivity index (χ1n) is 14.3. The number of aromatic nitrogens is 4. The number of H-pyrrole nitrogens is 1. The summed E-state index contributed by atoms with van der Waals surface area (Å²) in [7, 11) is 0. The number of halogens is 3. The standard InChI is InChI=1S/C30H28F3N5O5/c31-30(32,33)42-25-4-2-1-3-23(25)27-24(28(43-36-27)17-5-6-17)16-41-22-13-20-11-12-21(14-22)37(20)18-7-9-19(10-8-18)38-29(40)35-26(39)15-34-38/h1-4,7-10,15,17,20-22H,5-6,11-14,16H2,(H,35,39,40)/t20-,21+,22+. The normalized spacial score (nSPS) is 21.7. The van der Waals surface area contributed by atoms with E-state index in [9.17, 15) is 22.8 Å². The van der Waals surface area contributed by atoms with Crippen LogP contribution in [0, 0.1) is 0 Å². The van der Waals surface area contributed by atoms with E-state index in [1.165, 1.54) is 12.1 Å². The highest BCUT2D eigenvalue weighted by molar-refractivity contribution is 5.70. The van der Waals surface area contributed by atoms with Gasteiger partial charge in [0.25, 0.3) is 5.56 Å². The maximum absolute atomic E-state index is 13.1. The molecule has 7 rings (SSSR count). The Balaban J connectivity index is 1.07. The maximum atomic E-state index is 13.1. The molecule has 1 N–H and O–H groups in total. The lowest BCUT2D eigenvalue weighted by molar-refractivity contribution is -0.274. The van der Waals surface area contributed by atoms with Crippen LogP contribution in [0.1, 0.15) is 55.8 Å². The lowest BCUT2D eigenvalue weighted by Gasteiger charge is -2.40. The number of hydrogen-bond donors (Lipinski definition) is 1. The molecule has 2 aromatic heterocycles. The highest BCUT2D eigenvalue weighted by Gasteiger charge is 2.42. The van der Waals surface area contributed by atoms with Crippen LogP contribution in [0.3, 0.4) is 0 Å². The van der Waals surface area contributed by atoms with Gasteiger partial charge >= 0.3 is 12.1 Å². The van der Waals surface area contributed by atoms with Gasteiger partial charge in [-0.15, -0.1) is 13.2 Å². The lowest BCUT2D eigenvalue weighted by atomic mass is 9.98. The molecular weight excluding hydrogens is 567 g/mol. The van der Waals surface area contributed by atoms with Crippen molar-refractivity contribution in [2.45, 2.75) is 75.6 Å². The van der Waals surface area contributed by atoms with E-state index in [-0.39, 0.29) is 42.0 Å². The molecule has 10 nitrogen and oxygen atoms in total. The summed E-state index contributed by atoms with van der Waals surface area (Å²) >= 11 is 0. The van der Waals surface area contributed by atoms with Gasteiger partial charge in [0.15, 0.2) is 0 Å². The third-order valence-electron chi connectivity index (χ3n) is 8.39. The Morgan fingerprint density at radius 2 is 1.65 bits per heavy atom. The highest BCUT2D eigenvalue weighted by Crippen LogP contribution is 2.46. The predicted molar refractivity (Wildman–Crippen MR) is 148 cm³/mol. The first kappa shape index (κ1) is 27.4. The van der Waals surface area contributed by atoms with Gasteiger partial charge in [-0.3, -0.25) is 9.78 Å². The fourth-order valence-electron chi connectivity index (χ4n) is 6.40. The first-order valence-corrected chi connectivity index (χ1v) is 14.3. The Hall–Kier alpha value is -4.39. The zero-order chi connectivity index (χ0) is 29.7. The fraction of sp³-hybridized carbons (Fsp3) is 0.400. The molecular formula is C30H28F3N5O5. The number of anilines is 1. The molecule has 4 aromatic rings. The molecule has 3 atom stereocenters. The zero-order valence-corrected chi connectivity index (χ0v) is 22.9. The van der Waals surface area contributed by atoms with Gasteiger partial charge in [0, 0.05) is 34.8 Å². The van der Waals surface area contributed by atoms with Crippen LogP contribution >= 0.6 is 0 Å². The summed E-state index contributed by atoms with van der Waals surface area (Å²) in [6.07, 6.45) is 1.70. The number of hydrogen-bond acceptors (Lipinski definition) is 8. The Labute approximate surface area is 243 Å². The SMILES string of the molecule is O=c1cnn(-c2ccc(N3[C@@H]4CC[C@H]3C[C@@H](OCc3c(-c5ccccc5OC(F)(F)F)noc3C3CC3)C4)cc2)c(=O)[nH]1. The van der Waals surface area contributed by atoms with Crippen LogP contribution in [0.25, 0.3) is 16.9 Å². The van der Waals surface area contributed by atoms with Gasteiger partial charge in [-0.1, -0.05) is 17.3 Å². The summed E-state index contributed by atoms with van der Waals surface area (Å²) in [4.78, 5) is 28.1. The minimum atomic E-state index is -4.83. The summed E-state index contributed by atoms with van der Waals surface area (Å²) in [5, 5.41) is 8.09. The van der Waals surface area contributed by atoms with Crippen LogP contribution in [0.15, 0.2) is 68.8 Å². The molecule has 13 heteroatoms. The summed E-state index contributed by atoms with van der Waals surface area (Å²) in [6, 6.07) is 14.0. The number of aromatic amines is 1. The number of alkyl halides is 3. The van der Waals surface area contributed by atoms with E-state index >= 15 is 0 Å². The molecule has 4 heterocycles. The van der Waals surface area contributed by atoms with Crippen LogP contribution in [0.4, 0.5) is 18.9 Å². The van der Waals surface area contributed by atoms with Crippen molar-refractivity contribution in [3.8, 4) is 22.7 Å². The molecule has 2 saturated heterocycles. The Morgan fingerprint density at radius 3 is 2.33 bits per heavy atom. The van der Waals surface area contributed by atoms with E-state index in [0.717, 1.165) is 55.1 Å². The van der Waals surface area contributed by atoms with Crippen LogP contribution in [0.2, 0.25) is 0 Å². The highest BCUT2D eigenvalue weighted by atomic mass is 19.4. The smallest absolute Gasteiger partial charge is 0.405 e. The Kier molecular flexibility index (Phi) is 6.83. The van der Waals surface area contributed by atoms with Gasteiger partial charge in [-0.05, 0) is 74.9 Å².